The summed E-state index contributed by atoms with van der Waals surface area (Å²) in [4.78, 5) is 29.4. The van der Waals surface area contributed by atoms with Crippen molar-refractivity contribution in [3.05, 3.63) is 131 Å². The van der Waals surface area contributed by atoms with Crippen LogP contribution in [-0.4, -0.2) is 43.8 Å². The van der Waals surface area contributed by atoms with Gasteiger partial charge in [0.2, 0.25) is 11.8 Å². The number of carbonyl (C=O) groups is 2. The lowest BCUT2D eigenvalue weighted by molar-refractivity contribution is -0.140. The first-order valence-electron chi connectivity index (χ1n) is 15.2. The third-order valence-electron chi connectivity index (χ3n) is 7.82. The fraction of sp³-hybridized carbons (Fsp3) is 0.278. The lowest BCUT2D eigenvalue weighted by Gasteiger charge is -2.34. The molecule has 4 aromatic rings. The van der Waals surface area contributed by atoms with Crippen LogP contribution in [0, 0.1) is 6.92 Å². The van der Waals surface area contributed by atoms with E-state index in [0.717, 1.165) is 23.3 Å². The van der Waals surface area contributed by atoms with Crippen LogP contribution < -0.4 is 9.62 Å². The van der Waals surface area contributed by atoms with Gasteiger partial charge in [-0.2, -0.15) is 13.2 Å². The number of sulfonamides is 1. The Morgan fingerprint density at radius 1 is 0.830 bits per heavy atom. The Labute approximate surface area is 274 Å². The number of anilines is 1. The van der Waals surface area contributed by atoms with Gasteiger partial charge in [-0.05, 0) is 61.7 Å². The van der Waals surface area contributed by atoms with E-state index in [9.17, 15) is 31.2 Å². The Hall–Kier alpha value is -4.64. The molecule has 0 fully saturated rings. The van der Waals surface area contributed by atoms with Gasteiger partial charge in [-0.1, -0.05) is 91.3 Å². The average molecular weight is 666 g/mol. The smallest absolute Gasteiger partial charge is 0.352 e. The number of nitrogens with zero attached hydrogens (tertiary/aromatic N) is 2. The highest BCUT2D eigenvalue weighted by molar-refractivity contribution is 7.92. The second-order valence-corrected chi connectivity index (χ2v) is 13.3. The largest absolute Gasteiger partial charge is 0.416 e. The minimum atomic E-state index is -4.76. The Balaban J connectivity index is 1.83. The molecule has 2 amide bonds. The number of nitrogens with one attached hydrogen (secondary N) is 1. The lowest BCUT2D eigenvalue weighted by Crippen LogP contribution is -2.54. The van der Waals surface area contributed by atoms with Gasteiger partial charge in [0.1, 0.15) is 12.6 Å². The maximum Gasteiger partial charge on any atom is 0.416 e. The first kappa shape index (κ1) is 35.2. The monoisotopic (exact) mass is 665 g/mol. The van der Waals surface area contributed by atoms with Crippen LogP contribution in [0.15, 0.2) is 114 Å². The third kappa shape index (κ3) is 9.22. The van der Waals surface area contributed by atoms with Crippen molar-refractivity contribution in [2.75, 3.05) is 10.8 Å². The van der Waals surface area contributed by atoms with Crippen molar-refractivity contribution in [3.8, 4) is 0 Å². The standard InChI is InChI=1S/C36H38F3N3O4S/c1-4-27(3)40-35(44)33(22-28-12-7-5-8-13-28)41(24-29-14-9-6-10-15-29)34(43)25-42(31-17-11-16-30(23-31)36(37,38)39)47(45,46)32-20-18-26(2)19-21-32/h5-21,23,27,33H,4,22,24-25H2,1-3H3,(H,40,44)/t27-,33-/m1/s1. The molecule has 0 saturated carbocycles. The second-order valence-electron chi connectivity index (χ2n) is 11.4. The van der Waals surface area contributed by atoms with Crippen molar-refractivity contribution in [2.24, 2.45) is 0 Å². The minimum absolute atomic E-state index is 0.0495. The van der Waals surface area contributed by atoms with E-state index >= 15 is 0 Å². The van der Waals surface area contributed by atoms with Crippen molar-refractivity contribution in [1.82, 2.24) is 10.2 Å². The number of benzene rings is 4. The molecular weight excluding hydrogens is 627 g/mol. The normalized spacial score (nSPS) is 13.0. The van der Waals surface area contributed by atoms with Gasteiger partial charge in [0, 0.05) is 19.0 Å². The second kappa shape index (κ2) is 15.3. The molecule has 0 aliphatic carbocycles. The molecule has 1 N–H and O–H groups in total. The number of rotatable bonds is 13. The number of aryl methyl sites for hydroxylation is 1. The predicted octanol–water partition coefficient (Wildman–Crippen LogP) is 6.76. The molecule has 11 heteroatoms. The zero-order chi connectivity index (χ0) is 34.2. The highest BCUT2D eigenvalue weighted by Gasteiger charge is 2.36. The molecule has 0 unspecified atom stereocenters. The van der Waals surface area contributed by atoms with E-state index in [0.29, 0.717) is 22.4 Å². The molecule has 7 nitrogen and oxygen atoms in total. The van der Waals surface area contributed by atoms with Gasteiger partial charge < -0.3 is 10.2 Å². The highest BCUT2D eigenvalue weighted by atomic mass is 32.2. The molecule has 0 aromatic heterocycles. The molecule has 0 bridgehead atoms. The maximum atomic E-state index is 14.5. The highest BCUT2D eigenvalue weighted by Crippen LogP contribution is 2.33. The molecule has 0 aliphatic heterocycles. The fourth-order valence-electron chi connectivity index (χ4n) is 4.98. The molecule has 248 valence electrons. The molecular formula is C36H38F3N3O4S. The van der Waals surface area contributed by atoms with E-state index < -0.39 is 46.2 Å². The van der Waals surface area contributed by atoms with Crippen molar-refractivity contribution >= 4 is 27.5 Å². The zero-order valence-corrected chi connectivity index (χ0v) is 27.3. The maximum absolute atomic E-state index is 14.5. The van der Waals surface area contributed by atoms with Gasteiger partial charge in [0.05, 0.1) is 16.1 Å². The quantitative estimate of drug-likeness (QED) is 0.171. The van der Waals surface area contributed by atoms with Crippen LogP contribution in [0.2, 0.25) is 0 Å². The molecule has 0 radical (unpaired) electrons. The van der Waals surface area contributed by atoms with Crippen molar-refractivity contribution in [3.63, 3.8) is 0 Å². The van der Waals surface area contributed by atoms with E-state index in [-0.39, 0.29) is 29.6 Å². The Morgan fingerprint density at radius 3 is 2.00 bits per heavy atom. The van der Waals surface area contributed by atoms with Gasteiger partial charge >= 0.3 is 6.18 Å². The summed E-state index contributed by atoms with van der Waals surface area (Å²) in [6, 6.07) is 26.4. The summed E-state index contributed by atoms with van der Waals surface area (Å²) in [5.74, 6) is -1.19. The molecule has 0 aliphatic rings. The topological polar surface area (TPSA) is 86.8 Å². The summed E-state index contributed by atoms with van der Waals surface area (Å²) in [6.45, 7) is 4.61. The van der Waals surface area contributed by atoms with Crippen LogP contribution >= 0.6 is 0 Å². The number of hydrogen-bond donors (Lipinski definition) is 1. The third-order valence-corrected chi connectivity index (χ3v) is 9.61. The van der Waals surface area contributed by atoms with Crippen LogP contribution in [0.1, 0.15) is 42.5 Å². The number of halogens is 3. The Kier molecular flexibility index (Phi) is 11.5. The van der Waals surface area contributed by atoms with E-state index in [1.165, 1.54) is 23.1 Å². The van der Waals surface area contributed by atoms with E-state index in [2.05, 4.69) is 5.32 Å². The van der Waals surface area contributed by atoms with Crippen molar-refractivity contribution in [1.29, 1.82) is 0 Å². The predicted molar refractivity (Wildman–Crippen MR) is 176 cm³/mol. The first-order chi connectivity index (χ1) is 22.3. The van der Waals surface area contributed by atoms with Crippen LogP contribution in [0.25, 0.3) is 0 Å². The number of hydrogen-bond acceptors (Lipinski definition) is 4. The number of carbonyl (C=O) groups excluding carboxylic acids is 2. The van der Waals surface area contributed by atoms with Gasteiger partial charge in [-0.25, -0.2) is 8.42 Å². The zero-order valence-electron chi connectivity index (χ0n) is 26.4. The Morgan fingerprint density at radius 2 is 1.43 bits per heavy atom. The van der Waals surface area contributed by atoms with Gasteiger partial charge in [0.15, 0.2) is 0 Å². The summed E-state index contributed by atoms with van der Waals surface area (Å²) in [6.07, 6.45) is -4.00. The van der Waals surface area contributed by atoms with E-state index in [4.69, 9.17) is 0 Å². The molecule has 2 atom stereocenters. The molecule has 0 spiro atoms. The first-order valence-corrected chi connectivity index (χ1v) is 16.7. The average Bonchev–Trinajstić information content (AvgIpc) is 3.05. The van der Waals surface area contributed by atoms with Crippen LogP contribution in [0.3, 0.4) is 0 Å². The van der Waals surface area contributed by atoms with Crippen LogP contribution in [-0.2, 0) is 38.8 Å². The molecule has 0 saturated heterocycles. The van der Waals surface area contributed by atoms with Crippen LogP contribution in [0.4, 0.5) is 18.9 Å². The number of amides is 2. The molecule has 0 heterocycles. The van der Waals surface area contributed by atoms with Crippen molar-refractivity contribution in [2.45, 2.75) is 63.3 Å². The van der Waals surface area contributed by atoms with Gasteiger partial charge in [-0.15, -0.1) is 0 Å². The van der Waals surface area contributed by atoms with Gasteiger partial charge in [-0.3, -0.25) is 13.9 Å². The minimum Gasteiger partial charge on any atom is -0.352 e. The molecule has 4 rings (SSSR count). The fourth-order valence-corrected chi connectivity index (χ4v) is 6.38. The summed E-state index contributed by atoms with van der Waals surface area (Å²) in [5.41, 5.74) is 0.822. The van der Waals surface area contributed by atoms with E-state index in [1.807, 2.05) is 44.2 Å². The number of alkyl halides is 3. The van der Waals surface area contributed by atoms with Crippen molar-refractivity contribution < 1.29 is 31.2 Å². The summed E-state index contributed by atoms with van der Waals surface area (Å²) in [5, 5.41) is 2.95. The lowest BCUT2D eigenvalue weighted by atomic mass is 10.0. The Bertz CT molecular complexity index is 1750. The van der Waals surface area contributed by atoms with Gasteiger partial charge in [0.25, 0.3) is 10.0 Å². The summed E-state index contributed by atoms with van der Waals surface area (Å²) in [7, 11) is -4.54. The molecule has 4 aromatic carbocycles. The van der Waals surface area contributed by atoms with Crippen LogP contribution in [0.5, 0.6) is 0 Å². The van der Waals surface area contributed by atoms with E-state index in [1.54, 1.807) is 49.4 Å². The SMILES string of the molecule is CC[C@@H](C)NC(=O)[C@@H](Cc1ccccc1)N(Cc1ccccc1)C(=O)CN(c1cccc(C(F)(F)F)c1)S(=O)(=O)c1ccc(C)cc1. The summed E-state index contributed by atoms with van der Waals surface area (Å²) >= 11 is 0. The molecule has 47 heavy (non-hydrogen) atoms. The summed E-state index contributed by atoms with van der Waals surface area (Å²) < 4.78 is 70.2.